The van der Waals surface area contributed by atoms with E-state index in [1.165, 1.54) is 11.1 Å². The van der Waals surface area contributed by atoms with Gasteiger partial charge in [-0.15, -0.1) is 0 Å². The van der Waals surface area contributed by atoms with Crippen LogP contribution in [-0.2, 0) is 6.54 Å². The Hall–Kier alpha value is -3.50. The molecular weight excluding hydrogens is 406 g/mol. The number of nitrogens with zero attached hydrogens (tertiary/aromatic N) is 3. The van der Waals surface area contributed by atoms with Crippen LogP contribution in [0.3, 0.4) is 0 Å². The predicted octanol–water partition coefficient (Wildman–Crippen LogP) is 6.88. The number of anilines is 3. The molecule has 0 N–H and O–H groups in total. The van der Waals surface area contributed by atoms with Gasteiger partial charge in [0.25, 0.3) is 0 Å². The molecule has 0 radical (unpaired) electrons. The molecule has 5 heteroatoms. The van der Waals surface area contributed by atoms with Crippen molar-refractivity contribution in [2.45, 2.75) is 6.54 Å². The molecule has 0 spiro atoms. The van der Waals surface area contributed by atoms with Crippen molar-refractivity contribution in [3.05, 3.63) is 94.7 Å². The minimum atomic E-state index is 0.576. The summed E-state index contributed by atoms with van der Waals surface area (Å²) >= 11 is 6.45. The fraction of sp³-hybridized carbons (Fsp3) is 0.115. The minimum absolute atomic E-state index is 0.576. The first-order chi connectivity index (χ1) is 15.1. The van der Waals surface area contributed by atoms with Gasteiger partial charge in [0.1, 0.15) is 5.69 Å². The summed E-state index contributed by atoms with van der Waals surface area (Å²) in [4.78, 5) is 4.26. The van der Waals surface area contributed by atoms with Crippen molar-refractivity contribution in [1.29, 1.82) is 0 Å². The Bertz CT molecular complexity index is 1230. The van der Waals surface area contributed by atoms with Gasteiger partial charge in [-0.05, 0) is 35.4 Å². The molecule has 3 aromatic carbocycles. The zero-order valence-electron chi connectivity index (χ0n) is 17.4. The van der Waals surface area contributed by atoms with Gasteiger partial charge < -0.3 is 14.3 Å². The summed E-state index contributed by atoms with van der Waals surface area (Å²) in [5.41, 5.74) is 7.30. The maximum absolute atomic E-state index is 6.45. The van der Waals surface area contributed by atoms with Gasteiger partial charge in [0.2, 0.25) is 0 Å². The van der Waals surface area contributed by atoms with Crippen molar-refractivity contribution in [1.82, 2.24) is 5.16 Å². The van der Waals surface area contributed by atoms with E-state index >= 15 is 0 Å². The van der Waals surface area contributed by atoms with E-state index in [9.17, 15) is 0 Å². The number of para-hydroxylation sites is 2. The van der Waals surface area contributed by atoms with Crippen LogP contribution in [0, 0.1) is 0 Å². The molecule has 0 atom stereocenters. The Morgan fingerprint density at radius 3 is 2.13 bits per heavy atom. The van der Waals surface area contributed by atoms with E-state index in [1.54, 1.807) is 0 Å². The number of hydrogen-bond acceptors (Lipinski definition) is 4. The van der Waals surface area contributed by atoms with Crippen molar-refractivity contribution in [2.24, 2.45) is 0 Å². The molecule has 31 heavy (non-hydrogen) atoms. The van der Waals surface area contributed by atoms with Crippen LogP contribution < -0.4 is 9.80 Å². The summed E-state index contributed by atoms with van der Waals surface area (Å²) in [7, 11) is 3.95. The smallest absolute Gasteiger partial charge is 0.157 e. The normalized spacial score (nSPS) is 12.3. The molecule has 154 valence electrons. The lowest BCUT2D eigenvalue weighted by atomic mass is 10.1. The van der Waals surface area contributed by atoms with E-state index in [0.717, 1.165) is 34.1 Å². The van der Waals surface area contributed by atoms with Gasteiger partial charge in [-0.1, -0.05) is 71.4 Å². The van der Waals surface area contributed by atoms with Crippen molar-refractivity contribution in [2.75, 3.05) is 23.9 Å². The van der Waals surface area contributed by atoms with Crippen LogP contribution in [0.1, 0.15) is 16.9 Å². The van der Waals surface area contributed by atoms with Gasteiger partial charge in [-0.2, -0.15) is 0 Å². The largest absolute Gasteiger partial charge is 0.376 e. The maximum atomic E-state index is 6.45. The monoisotopic (exact) mass is 427 g/mol. The van der Waals surface area contributed by atoms with Gasteiger partial charge in [0, 0.05) is 37.1 Å². The van der Waals surface area contributed by atoms with E-state index in [-0.39, 0.29) is 0 Å². The zero-order valence-corrected chi connectivity index (χ0v) is 18.2. The highest BCUT2D eigenvalue weighted by Gasteiger charge is 2.20. The lowest BCUT2D eigenvalue weighted by Crippen LogP contribution is -2.17. The van der Waals surface area contributed by atoms with Gasteiger partial charge in [0.15, 0.2) is 5.76 Å². The second-order valence-corrected chi connectivity index (χ2v) is 8.18. The summed E-state index contributed by atoms with van der Waals surface area (Å²) in [5, 5.41) is 5.00. The molecule has 0 aliphatic carbocycles. The quantitative estimate of drug-likeness (QED) is 0.355. The third-order valence-corrected chi connectivity index (χ3v) is 5.80. The fourth-order valence-electron chi connectivity index (χ4n) is 3.94. The van der Waals surface area contributed by atoms with Crippen LogP contribution in [0.25, 0.3) is 23.4 Å². The molecule has 4 nitrogen and oxygen atoms in total. The highest BCUT2D eigenvalue weighted by molar-refractivity contribution is 6.33. The summed E-state index contributed by atoms with van der Waals surface area (Å²) in [6, 6.07) is 24.7. The Balaban J connectivity index is 1.50. The molecule has 0 unspecified atom stereocenters. The number of aromatic nitrogens is 1. The van der Waals surface area contributed by atoms with E-state index in [2.05, 4.69) is 70.7 Å². The Morgan fingerprint density at radius 1 is 0.871 bits per heavy atom. The maximum Gasteiger partial charge on any atom is 0.157 e. The van der Waals surface area contributed by atoms with Crippen LogP contribution in [0.4, 0.5) is 17.1 Å². The van der Waals surface area contributed by atoms with Crippen LogP contribution in [-0.4, -0.2) is 19.3 Å². The first kappa shape index (κ1) is 19.5. The zero-order chi connectivity index (χ0) is 21.4. The summed E-state index contributed by atoms with van der Waals surface area (Å²) in [5.74, 6) is 0.786. The van der Waals surface area contributed by atoms with Crippen LogP contribution in [0.2, 0.25) is 5.02 Å². The molecule has 4 aromatic rings. The van der Waals surface area contributed by atoms with E-state index < -0.39 is 0 Å². The Morgan fingerprint density at radius 2 is 1.52 bits per heavy atom. The third kappa shape index (κ3) is 3.71. The van der Waals surface area contributed by atoms with Gasteiger partial charge in [-0.25, -0.2) is 0 Å². The van der Waals surface area contributed by atoms with Crippen LogP contribution in [0.15, 0.2) is 77.3 Å². The number of halogens is 1. The molecule has 1 aliphatic heterocycles. The second kappa shape index (κ2) is 7.97. The van der Waals surface area contributed by atoms with E-state index in [0.29, 0.717) is 11.6 Å². The molecule has 0 saturated carbocycles. The first-order valence-corrected chi connectivity index (χ1v) is 10.5. The Labute approximate surface area is 187 Å². The minimum Gasteiger partial charge on any atom is -0.376 e. The first-order valence-electron chi connectivity index (χ1n) is 10.2. The van der Waals surface area contributed by atoms with E-state index in [4.69, 9.17) is 16.1 Å². The van der Waals surface area contributed by atoms with Crippen molar-refractivity contribution in [3.63, 3.8) is 0 Å². The van der Waals surface area contributed by atoms with Crippen LogP contribution >= 0.6 is 11.6 Å². The lowest BCUT2D eigenvalue weighted by molar-refractivity contribution is 0.386. The molecule has 0 fully saturated rings. The molecule has 5 rings (SSSR count). The molecule has 0 bridgehead atoms. The van der Waals surface area contributed by atoms with Gasteiger partial charge in [0.05, 0.1) is 17.3 Å². The molecular formula is C26H22ClN3O. The number of fused-ring (bicyclic) bond motifs is 2. The molecule has 2 heterocycles. The summed E-state index contributed by atoms with van der Waals surface area (Å²) < 4.78 is 5.74. The standard InChI is InChI=1S/C26H22ClN3O/c1-29(2)26-14-13-20(15-22(26)27)23-16-21(31-28-23)17-30-24-9-5-3-7-18(24)11-12-19-8-4-6-10-25(19)30/h3-16H,17H2,1-2H3. The predicted molar refractivity (Wildman–Crippen MR) is 129 cm³/mol. The molecule has 1 aromatic heterocycles. The summed E-state index contributed by atoms with van der Waals surface area (Å²) in [6.45, 7) is 0.576. The SMILES string of the molecule is CN(C)c1ccc(-c2cc(CN3c4ccccc4C=Cc4ccccc43)on2)cc1Cl. The molecule has 0 saturated heterocycles. The van der Waals surface area contributed by atoms with E-state index in [1.807, 2.05) is 43.3 Å². The molecule has 0 amide bonds. The highest BCUT2D eigenvalue weighted by atomic mass is 35.5. The summed E-state index contributed by atoms with van der Waals surface area (Å²) in [6.07, 6.45) is 4.32. The van der Waals surface area contributed by atoms with Gasteiger partial charge >= 0.3 is 0 Å². The van der Waals surface area contributed by atoms with Crippen molar-refractivity contribution < 1.29 is 4.52 Å². The second-order valence-electron chi connectivity index (χ2n) is 7.78. The van der Waals surface area contributed by atoms with Gasteiger partial charge in [-0.3, -0.25) is 0 Å². The van der Waals surface area contributed by atoms with Crippen molar-refractivity contribution >= 4 is 40.8 Å². The van der Waals surface area contributed by atoms with Crippen LogP contribution in [0.5, 0.6) is 0 Å². The average molecular weight is 428 g/mol. The number of benzene rings is 3. The topological polar surface area (TPSA) is 32.5 Å². The lowest BCUT2D eigenvalue weighted by Gasteiger charge is -2.25. The average Bonchev–Trinajstić information content (AvgIpc) is 3.19. The number of rotatable bonds is 4. The highest BCUT2D eigenvalue weighted by Crippen LogP contribution is 2.38. The fourth-order valence-corrected chi connectivity index (χ4v) is 4.29. The van der Waals surface area contributed by atoms with Crippen molar-refractivity contribution in [3.8, 4) is 11.3 Å². The molecule has 1 aliphatic rings. The third-order valence-electron chi connectivity index (χ3n) is 5.50. The Kier molecular flexibility index (Phi) is 5.00. The number of hydrogen-bond donors (Lipinski definition) is 0.